The molecule has 0 aliphatic rings. The third-order valence-corrected chi connectivity index (χ3v) is 3.21. The van der Waals surface area contributed by atoms with Crippen LogP contribution in [0.5, 0.6) is 0 Å². The second-order valence-corrected chi connectivity index (χ2v) is 6.53. The molecule has 1 amide bonds. The quantitative estimate of drug-likeness (QED) is 0.809. The molecule has 1 N–H and O–H groups in total. The molecule has 22 heavy (non-hydrogen) atoms. The van der Waals surface area contributed by atoms with Crippen LogP contribution in [0.2, 0.25) is 0 Å². The number of nitrogens with zero attached hydrogens (tertiary/aromatic N) is 2. The lowest BCUT2D eigenvalue weighted by Crippen LogP contribution is -2.40. The number of hydrogen-bond acceptors (Lipinski definition) is 6. The molecule has 0 saturated heterocycles. The van der Waals surface area contributed by atoms with Gasteiger partial charge in [-0.25, -0.2) is 4.79 Å². The highest BCUT2D eigenvalue weighted by molar-refractivity contribution is 5.83. The number of hydrogen-bond donors (Lipinski definition) is 1. The van der Waals surface area contributed by atoms with Crippen LogP contribution >= 0.6 is 0 Å². The molecule has 0 spiro atoms. The molecule has 1 unspecified atom stereocenters. The lowest BCUT2D eigenvalue weighted by atomic mass is 9.74. The predicted octanol–water partition coefficient (Wildman–Crippen LogP) is 2.18. The van der Waals surface area contributed by atoms with Crippen LogP contribution in [0.1, 0.15) is 58.1 Å². The van der Waals surface area contributed by atoms with Gasteiger partial charge in [-0.2, -0.15) is 0 Å². The van der Waals surface area contributed by atoms with Crippen LogP contribution in [0, 0.1) is 17.3 Å². The summed E-state index contributed by atoms with van der Waals surface area (Å²) in [6, 6.07) is 0. The topological polar surface area (TPSA) is 94.3 Å². The van der Waals surface area contributed by atoms with Gasteiger partial charge in [0.15, 0.2) is 0 Å². The molecule has 1 rings (SSSR count). The fraction of sp³-hybridized carbons (Fsp3) is 0.733. The van der Waals surface area contributed by atoms with E-state index in [4.69, 9.17) is 9.15 Å². The summed E-state index contributed by atoms with van der Waals surface area (Å²) in [5.41, 5.74) is -0.150. The van der Waals surface area contributed by atoms with Gasteiger partial charge in [-0.3, -0.25) is 4.79 Å². The molecule has 0 radical (unpaired) electrons. The Balaban J connectivity index is 2.66. The van der Waals surface area contributed by atoms with Crippen molar-refractivity contribution in [3.8, 4) is 0 Å². The first-order valence-electron chi connectivity index (χ1n) is 7.44. The van der Waals surface area contributed by atoms with Crippen molar-refractivity contribution in [2.45, 2.75) is 48.1 Å². The van der Waals surface area contributed by atoms with Crippen molar-refractivity contribution in [2.24, 2.45) is 17.3 Å². The fourth-order valence-corrected chi connectivity index (χ4v) is 2.57. The van der Waals surface area contributed by atoms with E-state index in [1.165, 1.54) is 0 Å². The van der Waals surface area contributed by atoms with Crippen molar-refractivity contribution in [1.29, 1.82) is 0 Å². The normalized spacial score (nSPS) is 13.0. The maximum absolute atomic E-state index is 12.4. The minimum absolute atomic E-state index is 0.0709. The standard InChI is InChI=1S/C15H25N3O4/c1-7-21-14(20)13-18-17-10(22-13)8-16-12(19)11(9(2)3)15(4,5)6/h9,11H,7-8H2,1-6H3,(H,16,19). The molecule has 0 aliphatic heterocycles. The van der Waals surface area contributed by atoms with Crippen LogP contribution in [-0.2, 0) is 16.1 Å². The maximum Gasteiger partial charge on any atom is 0.396 e. The average molecular weight is 311 g/mol. The van der Waals surface area contributed by atoms with Crippen molar-refractivity contribution in [2.75, 3.05) is 6.61 Å². The Morgan fingerprint density at radius 1 is 1.27 bits per heavy atom. The Morgan fingerprint density at radius 3 is 2.41 bits per heavy atom. The summed E-state index contributed by atoms with van der Waals surface area (Å²) in [7, 11) is 0. The summed E-state index contributed by atoms with van der Waals surface area (Å²) in [4.78, 5) is 23.8. The first-order valence-corrected chi connectivity index (χ1v) is 7.44. The van der Waals surface area contributed by atoms with Crippen molar-refractivity contribution in [1.82, 2.24) is 15.5 Å². The summed E-state index contributed by atoms with van der Waals surface area (Å²) < 4.78 is 9.92. The van der Waals surface area contributed by atoms with Crippen molar-refractivity contribution in [3.05, 3.63) is 11.8 Å². The second-order valence-electron chi connectivity index (χ2n) is 6.53. The predicted molar refractivity (Wildman–Crippen MR) is 79.9 cm³/mol. The van der Waals surface area contributed by atoms with Crippen LogP contribution < -0.4 is 5.32 Å². The Morgan fingerprint density at radius 2 is 1.91 bits per heavy atom. The molecule has 1 heterocycles. The van der Waals surface area contributed by atoms with E-state index < -0.39 is 5.97 Å². The number of amides is 1. The van der Waals surface area contributed by atoms with Crippen LogP contribution in [-0.4, -0.2) is 28.7 Å². The van der Waals surface area contributed by atoms with Crippen molar-refractivity contribution >= 4 is 11.9 Å². The summed E-state index contributed by atoms with van der Waals surface area (Å²) in [5, 5.41) is 10.1. The van der Waals surface area contributed by atoms with Gasteiger partial charge >= 0.3 is 11.9 Å². The molecular weight excluding hydrogens is 286 g/mol. The van der Waals surface area contributed by atoms with Crippen LogP contribution in [0.4, 0.5) is 0 Å². The second kappa shape index (κ2) is 7.38. The zero-order valence-electron chi connectivity index (χ0n) is 14.1. The van der Waals surface area contributed by atoms with Gasteiger partial charge in [0.1, 0.15) is 0 Å². The van der Waals surface area contributed by atoms with Crippen molar-refractivity contribution in [3.63, 3.8) is 0 Å². The first-order chi connectivity index (χ1) is 10.2. The van der Waals surface area contributed by atoms with Crippen LogP contribution in [0.25, 0.3) is 0 Å². The van der Waals surface area contributed by atoms with Gasteiger partial charge in [0.25, 0.3) is 0 Å². The van der Waals surface area contributed by atoms with E-state index in [2.05, 4.69) is 15.5 Å². The summed E-state index contributed by atoms with van der Waals surface area (Å²) >= 11 is 0. The Hall–Kier alpha value is -1.92. The minimum Gasteiger partial charge on any atom is -0.459 e. The summed E-state index contributed by atoms with van der Waals surface area (Å²) in [6.07, 6.45) is 0. The number of nitrogens with one attached hydrogen (secondary N) is 1. The molecule has 1 aromatic rings. The van der Waals surface area contributed by atoms with Gasteiger partial charge in [-0.1, -0.05) is 34.6 Å². The van der Waals surface area contributed by atoms with Gasteiger partial charge in [0, 0.05) is 5.92 Å². The Bertz CT molecular complexity index is 517. The van der Waals surface area contributed by atoms with E-state index in [-0.39, 0.29) is 48.1 Å². The lowest BCUT2D eigenvalue weighted by Gasteiger charge is -2.32. The highest BCUT2D eigenvalue weighted by atomic mass is 16.5. The SMILES string of the molecule is CCOC(=O)c1nnc(CNC(=O)C(C(C)C)C(C)(C)C)o1. The highest BCUT2D eigenvalue weighted by Crippen LogP contribution is 2.32. The van der Waals surface area contributed by atoms with E-state index in [1.54, 1.807) is 6.92 Å². The van der Waals surface area contributed by atoms with E-state index in [9.17, 15) is 9.59 Å². The van der Waals surface area contributed by atoms with E-state index in [0.717, 1.165) is 0 Å². The van der Waals surface area contributed by atoms with Gasteiger partial charge < -0.3 is 14.5 Å². The molecule has 1 aromatic heterocycles. The van der Waals surface area contributed by atoms with E-state index >= 15 is 0 Å². The van der Waals surface area contributed by atoms with Crippen LogP contribution in [0.15, 0.2) is 4.42 Å². The third kappa shape index (κ3) is 4.82. The molecule has 0 saturated carbocycles. The Labute approximate surface area is 130 Å². The monoisotopic (exact) mass is 311 g/mol. The first kappa shape index (κ1) is 18.1. The molecule has 7 nitrogen and oxygen atoms in total. The zero-order chi connectivity index (χ0) is 16.9. The zero-order valence-corrected chi connectivity index (χ0v) is 14.1. The molecule has 0 bridgehead atoms. The molecule has 0 aromatic carbocycles. The Kier molecular flexibility index (Phi) is 6.08. The van der Waals surface area contributed by atoms with E-state index in [1.807, 2.05) is 34.6 Å². The minimum atomic E-state index is -0.665. The van der Waals surface area contributed by atoms with Gasteiger partial charge in [0.2, 0.25) is 11.8 Å². The third-order valence-electron chi connectivity index (χ3n) is 3.21. The molecule has 1 atom stereocenters. The number of aromatic nitrogens is 2. The fourth-order valence-electron chi connectivity index (χ4n) is 2.57. The van der Waals surface area contributed by atoms with Gasteiger partial charge in [-0.05, 0) is 18.3 Å². The smallest absolute Gasteiger partial charge is 0.396 e. The molecule has 0 fully saturated rings. The largest absolute Gasteiger partial charge is 0.459 e. The molecule has 124 valence electrons. The maximum atomic E-state index is 12.4. The van der Waals surface area contributed by atoms with Crippen molar-refractivity contribution < 1.29 is 18.7 Å². The number of esters is 1. The average Bonchev–Trinajstić information content (AvgIpc) is 2.83. The van der Waals surface area contributed by atoms with Gasteiger partial charge in [0.05, 0.1) is 13.2 Å². The highest BCUT2D eigenvalue weighted by Gasteiger charge is 2.33. The van der Waals surface area contributed by atoms with Gasteiger partial charge in [-0.15, -0.1) is 10.2 Å². The number of rotatable bonds is 6. The number of carbonyl (C=O) groups is 2. The molecule has 0 aliphatic carbocycles. The number of ether oxygens (including phenoxy) is 1. The van der Waals surface area contributed by atoms with Crippen LogP contribution in [0.3, 0.4) is 0 Å². The molecule has 7 heteroatoms. The molecular formula is C15H25N3O4. The summed E-state index contributed by atoms with van der Waals surface area (Å²) in [6.45, 7) is 12.1. The number of carbonyl (C=O) groups excluding carboxylic acids is 2. The lowest BCUT2D eigenvalue weighted by molar-refractivity contribution is -0.130. The summed E-state index contributed by atoms with van der Waals surface area (Å²) in [5.74, 6) is -0.700. The van der Waals surface area contributed by atoms with E-state index in [0.29, 0.717) is 0 Å².